The Balaban J connectivity index is 1.83. The molecule has 15 heavy (non-hydrogen) atoms. The quantitative estimate of drug-likeness (QED) is 0.683. The van der Waals surface area contributed by atoms with Crippen LogP contribution in [0.4, 0.5) is 0 Å². The van der Waals surface area contributed by atoms with Gasteiger partial charge in [0.1, 0.15) is 0 Å². The summed E-state index contributed by atoms with van der Waals surface area (Å²) >= 11 is 0. The number of hydrogen-bond donors (Lipinski definition) is 2. The van der Waals surface area contributed by atoms with Gasteiger partial charge in [0.25, 0.3) is 0 Å². The van der Waals surface area contributed by atoms with Gasteiger partial charge in [-0.1, -0.05) is 13.3 Å². The van der Waals surface area contributed by atoms with E-state index in [4.69, 9.17) is 0 Å². The summed E-state index contributed by atoms with van der Waals surface area (Å²) in [4.78, 5) is 13.7. The molecule has 4 heteroatoms. The molecule has 0 aliphatic carbocycles. The molecule has 2 saturated heterocycles. The van der Waals surface area contributed by atoms with Gasteiger partial charge in [0, 0.05) is 0 Å². The number of piperidine rings is 1. The lowest BCUT2D eigenvalue weighted by Crippen LogP contribution is -2.66. The van der Waals surface area contributed by atoms with Crippen LogP contribution in [0.2, 0.25) is 0 Å². The normalized spacial score (nSPS) is 29.7. The predicted octanol–water partition coefficient (Wildman–Crippen LogP) is 0.112. The van der Waals surface area contributed by atoms with Gasteiger partial charge >= 0.3 is 0 Å². The summed E-state index contributed by atoms with van der Waals surface area (Å²) in [5.74, 6) is 0.174. The van der Waals surface area contributed by atoms with Crippen LogP contribution < -0.4 is 5.32 Å². The van der Waals surface area contributed by atoms with Gasteiger partial charge in [-0.3, -0.25) is 4.79 Å². The Bertz CT molecular complexity index is 243. The van der Waals surface area contributed by atoms with Crippen molar-refractivity contribution < 1.29 is 9.90 Å². The van der Waals surface area contributed by atoms with Crippen LogP contribution in [-0.4, -0.2) is 47.2 Å². The van der Waals surface area contributed by atoms with E-state index in [2.05, 4.69) is 5.32 Å². The third-order valence-corrected chi connectivity index (χ3v) is 3.55. The van der Waals surface area contributed by atoms with E-state index in [9.17, 15) is 9.90 Å². The summed E-state index contributed by atoms with van der Waals surface area (Å²) in [6, 6.07) is 0.000145. The highest BCUT2D eigenvalue weighted by Crippen LogP contribution is 2.25. The lowest BCUT2D eigenvalue weighted by Gasteiger charge is -2.47. The molecule has 2 aliphatic rings. The van der Waals surface area contributed by atoms with Gasteiger partial charge in [0.05, 0.1) is 24.7 Å². The van der Waals surface area contributed by atoms with Gasteiger partial charge in [-0.2, -0.15) is 0 Å². The van der Waals surface area contributed by atoms with Gasteiger partial charge in [0.15, 0.2) is 0 Å². The van der Waals surface area contributed by atoms with E-state index < -0.39 is 5.60 Å². The van der Waals surface area contributed by atoms with Crippen molar-refractivity contribution in [2.45, 2.75) is 44.2 Å². The zero-order chi connectivity index (χ0) is 10.9. The largest absolute Gasteiger partial charge is 0.386 e. The summed E-state index contributed by atoms with van der Waals surface area (Å²) in [7, 11) is 0. The van der Waals surface area contributed by atoms with Crippen molar-refractivity contribution in [3.05, 3.63) is 0 Å². The maximum absolute atomic E-state index is 11.9. The standard InChI is InChI=1S/C11H20N2O2/c1-2-11(15)7-13(8-11)10(14)9-5-3-4-6-12-9/h9,12,15H,2-8H2,1H3/t9-/m1/s1. The SMILES string of the molecule is CCC1(O)CN(C(=O)[C@H]2CCCCN2)C1. The summed E-state index contributed by atoms with van der Waals surface area (Å²) in [5.41, 5.74) is -0.607. The second kappa shape index (κ2) is 4.10. The molecule has 1 atom stereocenters. The van der Waals surface area contributed by atoms with Gasteiger partial charge in [0.2, 0.25) is 5.91 Å². The number of rotatable bonds is 2. The molecule has 0 unspecified atom stereocenters. The number of likely N-dealkylation sites (tertiary alicyclic amines) is 1. The third-order valence-electron chi connectivity index (χ3n) is 3.55. The van der Waals surface area contributed by atoms with Gasteiger partial charge in [-0.15, -0.1) is 0 Å². The molecule has 2 aliphatic heterocycles. The number of hydrogen-bond acceptors (Lipinski definition) is 3. The summed E-state index contributed by atoms with van der Waals surface area (Å²) in [6.45, 7) is 3.93. The van der Waals surface area contributed by atoms with Crippen molar-refractivity contribution in [1.29, 1.82) is 0 Å². The fourth-order valence-electron chi connectivity index (χ4n) is 2.33. The van der Waals surface area contributed by atoms with Crippen LogP contribution >= 0.6 is 0 Å². The summed E-state index contributed by atoms with van der Waals surface area (Å²) < 4.78 is 0. The molecule has 0 saturated carbocycles. The first-order chi connectivity index (χ1) is 7.14. The van der Waals surface area contributed by atoms with E-state index in [0.717, 1.165) is 25.8 Å². The first-order valence-electron chi connectivity index (χ1n) is 5.89. The Kier molecular flexibility index (Phi) is 2.98. The molecule has 0 radical (unpaired) electrons. The van der Waals surface area contributed by atoms with E-state index in [1.165, 1.54) is 6.42 Å². The van der Waals surface area contributed by atoms with E-state index in [1.807, 2.05) is 6.92 Å². The molecular weight excluding hydrogens is 192 g/mol. The number of amides is 1. The molecule has 86 valence electrons. The van der Waals surface area contributed by atoms with Crippen LogP contribution in [0.5, 0.6) is 0 Å². The number of carbonyl (C=O) groups excluding carboxylic acids is 1. The minimum Gasteiger partial charge on any atom is -0.386 e. The maximum Gasteiger partial charge on any atom is 0.239 e. The average Bonchev–Trinajstić information content (AvgIpc) is 2.25. The Morgan fingerprint density at radius 2 is 2.27 bits per heavy atom. The van der Waals surface area contributed by atoms with E-state index in [0.29, 0.717) is 13.1 Å². The molecule has 1 amide bonds. The van der Waals surface area contributed by atoms with Crippen LogP contribution in [0.1, 0.15) is 32.6 Å². The highest BCUT2D eigenvalue weighted by Gasteiger charge is 2.43. The molecule has 0 aromatic heterocycles. The third kappa shape index (κ3) is 2.16. The molecule has 0 bridgehead atoms. The zero-order valence-electron chi connectivity index (χ0n) is 9.33. The summed E-state index contributed by atoms with van der Waals surface area (Å²) in [5, 5.41) is 13.1. The lowest BCUT2D eigenvalue weighted by molar-refractivity contribution is -0.158. The molecule has 2 N–H and O–H groups in total. The van der Waals surface area contributed by atoms with Gasteiger partial charge in [-0.05, 0) is 25.8 Å². The van der Waals surface area contributed by atoms with Crippen molar-refractivity contribution in [3.8, 4) is 0 Å². The van der Waals surface area contributed by atoms with Crippen molar-refractivity contribution in [2.24, 2.45) is 0 Å². The van der Waals surface area contributed by atoms with Crippen molar-refractivity contribution in [2.75, 3.05) is 19.6 Å². The number of β-amino-alcohol motifs (C(OH)–C–C–N with tert-alkyl or cyclic N) is 1. The Morgan fingerprint density at radius 1 is 1.53 bits per heavy atom. The fourth-order valence-corrected chi connectivity index (χ4v) is 2.33. The second-order valence-corrected chi connectivity index (χ2v) is 4.77. The fraction of sp³-hybridized carbons (Fsp3) is 0.909. The zero-order valence-corrected chi connectivity index (χ0v) is 9.33. The number of nitrogens with one attached hydrogen (secondary N) is 1. The molecule has 2 fully saturated rings. The van der Waals surface area contributed by atoms with Crippen LogP contribution in [0.25, 0.3) is 0 Å². The highest BCUT2D eigenvalue weighted by atomic mass is 16.3. The smallest absolute Gasteiger partial charge is 0.239 e. The van der Waals surface area contributed by atoms with Crippen LogP contribution in [-0.2, 0) is 4.79 Å². The molecular formula is C11H20N2O2. The molecule has 0 aromatic carbocycles. The van der Waals surface area contributed by atoms with E-state index in [1.54, 1.807) is 4.90 Å². The summed E-state index contributed by atoms with van der Waals surface area (Å²) in [6.07, 6.45) is 3.98. The average molecular weight is 212 g/mol. The maximum atomic E-state index is 11.9. The number of carbonyl (C=O) groups is 1. The number of aliphatic hydroxyl groups is 1. The predicted molar refractivity (Wildman–Crippen MR) is 57.5 cm³/mol. The minimum absolute atomic E-state index is 0.000145. The first-order valence-corrected chi connectivity index (χ1v) is 5.89. The van der Waals surface area contributed by atoms with E-state index in [-0.39, 0.29) is 11.9 Å². The Morgan fingerprint density at radius 3 is 2.80 bits per heavy atom. The van der Waals surface area contributed by atoms with Crippen LogP contribution in [0, 0.1) is 0 Å². The van der Waals surface area contributed by atoms with Gasteiger partial charge in [-0.25, -0.2) is 0 Å². The highest BCUT2D eigenvalue weighted by molar-refractivity contribution is 5.83. The molecule has 4 nitrogen and oxygen atoms in total. The lowest BCUT2D eigenvalue weighted by atomic mass is 9.90. The topological polar surface area (TPSA) is 52.6 Å². The van der Waals surface area contributed by atoms with Crippen LogP contribution in [0.15, 0.2) is 0 Å². The number of nitrogens with zero attached hydrogens (tertiary/aromatic N) is 1. The first kappa shape index (κ1) is 10.9. The van der Waals surface area contributed by atoms with Gasteiger partial charge < -0.3 is 15.3 Å². The van der Waals surface area contributed by atoms with Crippen molar-refractivity contribution in [1.82, 2.24) is 10.2 Å². The van der Waals surface area contributed by atoms with Crippen molar-refractivity contribution in [3.63, 3.8) is 0 Å². The molecule has 0 spiro atoms. The van der Waals surface area contributed by atoms with Crippen molar-refractivity contribution >= 4 is 5.91 Å². The van der Waals surface area contributed by atoms with Crippen LogP contribution in [0.3, 0.4) is 0 Å². The molecule has 2 rings (SSSR count). The monoisotopic (exact) mass is 212 g/mol. The Labute approximate surface area is 90.6 Å². The molecule has 2 heterocycles. The second-order valence-electron chi connectivity index (χ2n) is 4.77. The molecule has 0 aromatic rings. The minimum atomic E-state index is -0.607. The van der Waals surface area contributed by atoms with E-state index >= 15 is 0 Å². The Hall–Kier alpha value is -0.610.